The van der Waals surface area contributed by atoms with Gasteiger partial charge in [-0.25, -0.2) is 19.9 Å². The highest BCUT2D eigenvalue weighted by Crippen LogP contribution is 2.02. The van der Waals surface area contributed by atoms with Crippen LogP contribution in [-0.2, 0) is 6.54 Å². The predicted octanol–water partition coefficient (Wildman–Crippen LogP) is 0.513. The normalized spacial score (nSPS) is 9.88. The fourth-order valence-corrected chi connectivity index (χ4v) is 1.29. The minimum Gasteiger partial charge on any atom is -0.388 e. The fraction of sp³-hybridized carbons (Fsp3) is 0.100. The molecule has 0 bridgehead atoms. The van der Waals surface area contributed by atoms with E-state index in [0.717, 1.165) is 5.69 Å². The van der Waals surface area contributed by atoms with E-state index >= 15 is 0 Å². The third-order valence-electron chi connectivity index (χ3n) is 1.98. The minimum absolute atomic E-state index is 0.248. The summed E-state index contributed by atoms with van der Waals surface area (Å²) in [6.45, 7) is 0.517. The highest BCUT2D eigenvalue weighted by Gasteiger charge is 2.01. The molecular formula is C10H10N6S. The molecule has 2 aromatic heterocycles. The molecule has 0 unspecified atom stereocenters. The summed E-state index contributed by atoms with van der Waals surface area (Å²) in [7, 11) is 0. The quantitative estimate of drug-likeness (QED) is 0.760. The molecule has 86 valence electrons. The zero-order valence-corrected chi connectivity index (χ0v) is 9.68. The van der Waals surface area contributed by atoms with Crippen LogP contribution in [0, 0.1) is 0 Å². The number of rotatable bonds is 4. The van der Waals surface area contributed by atoms with Crippen molar-refractivity contribution in [2.45, 2.75) is 6.54 Å². The van der Waals surface area contributed by atoms with E-state index in [4.69, 9.17) is 18.0 Å². The van der Waals surface area contributed by atoms with Gasteiger partial charge in [-0.15, -0.1) is 0 Å². The number of nitrogens with zero attached hydrogens (tertiary/aromatic N) is 4. The van der Waals surface area contributed by atoms with Crippen molar-refractivity contribution in [1.82, 2.24) is 19.9 Å². The number of nitrogens with two attached hydrogens (primary N) is 1. The second kappa shape index (κ2) is 5.26. The highest BCUT2D eigenvalue weighted by atomic mass is 32.1. The number of hydrogen-bond donors (Lipinski definition) is 2. The molecule has 0 fully saturated rings. The first kappa shape index (κ1) is 11.3. The average Bonchev–Trinajstić information content (AvgIpc) is 2.38. The topological polar surface area (TPSA) is 89.6 Å². The maximum absolute atomic E-state index is 5.48. The smallest absolute Gasteiger partial charge is 0.223 e. The Labute approximate surface area is 103 Å². The van der Waals surface area contributed by atoms with Crippen LogP contribution in [0.1, 0.15) is 11.4 Å². The molecule has 0 aromatic carbocycles. The molecule has 3 N–H and O–H groups in total. The van der Waals surface area contributed by atoms with E-state index in [0.29, 0.717) is 18.2 Å². The molecule has 6 nitrogen and oxygen atoms in total. The van der Waals surface area contributed by atoms with E-state index in [1.165, 1.54) is 6.33 Å². The third-order valence-corrected chi connectivity index (χ3v) is 2.19. The van der Waals surface area contributed by atoms with Gasteiger partial charge in [-0.1, -0.05) is 12.2 Å². The molecule has 0 atom stereocenters. The lowest BCUT2D eigenvalue weighted by Gasteiger charge is -2.04. The number of hydrogen-bond acceptors (Lipinski definition) is 6. The summed E-state index contributed by atoms with van der Waals surface area (Å²) in [6.07, 6.45) is 4.77. The Balaban J connectivity index is 2.04. The summed E-state index contributed by atoms with van der Waals surface area (Å²) in [5.74, 6) is 0.467. The van der Waals surface area contributed by atoms with Crippen LogP contribution < -0.4 is 11.1 Å². The maximum Gasteiger partial charge on any atom is 0.223 e. The van der Waals surface area contributed by atoms with E-state index in [1.54, 1.807) is 18.5 Å². The molecule has 0 aliphatic heterocycles. The Kier molecular flexibility index (Phi) is 3.51. The van der Waals surface area contributed by atoms with Crippen LogP contribution in [0.5, 0.6) is 0 Å². The largest absolute Gasteiger partial charge is 0.388 e. The van der Waals surface area contributed by atoms with Crippen molar-refractivity contribution >= 4 is 23.2 Å². The summed E-state index contributed by atoms with van der Waals surface area (Å²) in [4.78, 5) is 16.4. The van der Waals surface area contributed by atoms with Crippen molar-refractivity contribution in [3.63, 3.8) is 0 Å². The molecule has 0 spiro atoms. The van der Waals surface area contributed by atoms with Gasteiger partial charge in [0.1, 0.15) is 17.0 Å². The van der Waals surface area contributed by atoms with E-state index in [2.05, 4.69) is 25.3 Å². The number of anilines is 1. The molecule has 0 saturated carbocycles. The summed E-state index contributed by atoms with van der Waals surface area (Å²) < 4.78 is 0. The molecule has 2 heterocycles. The second-order valence-electron chi connectivity index (χ2n) is 3.18. The first-order valence-corrected chi connectivity index (χ1v) is 5.28. The zero-order valence-electron chi connectivity index (χ0n) is 8.87. The zero-order chi connectivity index (χ0) is 12.1. The van der Waals surface area contributed by atoms with E-state index in [1.807, 2.05) is 6.07 Å². The van der Waals surface area contributed by atoms with Gasteiger partial charge in [-0.2, -0.15) is 0 Å². The maximum atomic E-state index is 5.48. The Morgan fingerprint density at radius 3 is 2.88 bits per heavy atom. The predicted molar refractivity (Wildman–Crippen MR) is 67.3 cm³/mol. The lowest BCUT2D eigenvalue weighted by atomic mass is 10.4. The Morgan fingerprint density at radius 2 is 2.18 bits per heavy atom. The van der Waals surface area contributed by atoms with Crippen LogP contribution in [0.2, 0.25) is 0 Å². The second-order valence-corrected chi connectivity index (χ2v) is 3.62. The van der Waals surface area contributed by atoms with Gasteiger partial charge in [0.2, 0.25) is 5.95 Å². The summed E-state index contributed by atoms with van der Waals surface area (Å²) in [5, 5.41) is 3.03. The molecule has 0 saturated heterocycles. The molecule has 17 heavy (non-hydrogen) atoms. The lowest BCUT2D eigenvalue weighted by molar-refractivity contribution is 0.976. The van der Waals surface area contributed by atoms with E-state index in [9.17, 15) is 0 Å². The Bertz CT molecular complexity index is 515. The van der Waals surface area contributed by atoms with Crippen LogP contribution in [0.4, 0.5) is 5.95 Å². The van der Waals surface area contributed by atoms with Gasteiger partial charge in [0, 0.05) is 12.4 Å². The molecule has 7 heteroatoms. The summed E-state index contributed by atoms with van der Waals surface area (Å²) in [6, 6.07) is 3.47. The van der Waals surface area contributed by atoms with Crippen LogP contribution in [0.25, 0.3) is 0 Å². The van der Waals surface area contributed by atoms with Gasteiger partial charge in [0.25, 0.3) is 0 Å². The van der Waals surface area contributed by atoms with Gasteiger partial charge in [0.15, 0.2) is 0 Å². The van der Waals surface area contributed by atoms with Gasteiger partial charge >= 0.3 is 0 Å². The average molecular weight is 246 g/mol. The minimum atomic E-state index is 0.248. The Hall–Kier alpha value is -2.15. The van der Waals surface area contributed by atoms with Gasteiger partial charge in [-0.3, -0.25) is 0 Å². The monoisotopic (exact) mass is 246 g/mol. The van der Waals surface area contributed by atoms with Crippen molar-refractivity contribution in [3.05, 3.63) is 42.2 Å². The van der Waals surface area contributed by atoms with E-state index < -0.39 is 0 Å². The Morgan fingerprint density at radius 1 is 1.29 bits per heavy atom. The molecule has 2 rings (SSSR count). The molecule has 0 amide bonds. The van der Waals surface area contributed by atoms with E-state index in [-0.39, 0.29) is 4.99 Å². The first-order valence-electron chi connectivity index (χ1n) is 4.87. The summed E-state index contributed by atoms with van der Waals surface area (Å²) >= 11 is 4.84. The van der Waals surface area contributed by atoms with Crippen LogP contribution >= 0.6 is 12.2 Å². The van der Waals surface area contributed by atoms with Crippen molar-refractivity contribution in [1.29, 1.82) is 0 Å². The van der Waals surface area contributed by atoms with Crippen molar-refractivity contribution < 1.29 is 0 Å². The van der Waals surface area contributed by atoms with Crippen LogP contribution in [0.3, 0.4) is 0 Å². The first-order chi connectivity index (χ1) is 8.25. The van der Waals surface area contributed by atoms with Crippen LogP contribution in [-0.4, -0.2) is 24.9 Å². The molecule has 0 aliphatic rings. The van der Waals surface area contributed by atoms with Crippen LogP contribution in [0.15, 0.2) is 30.9 Å². The lowest BCUT2D eigenvalue weighted by Crippen LogP contribution is -2.13. The fourth-order valence-electron chi connectivity index (χ4n) is 1.17. The number of nitrogens with one attached hydrogen (secondary N) is 1. The van der Waals surface area contributed by atoms with Crippen molar-refractivity contribution in [2.24, 2.45) is 5.73 Å². The molecule has 2 aromatic rings. The highest BCUT2D eigenvalue weighted by molar-refractivity contribution is 7.80. The molecule has 0 aliphatic carbocycles. The van der Waals surface area contributed by atoms with Crippen molar-refractivity contribution in [3.8, 4) is 0 Å². The number of thiocarbonyl (C=S) groups is 1. The van der Waals surface area contributed by atoms with Gasteiger partial charge < -0.3 is 11.1 Å². The molecular weight excluding hydrogens is 236 g/mol. The number of aromatic nitrogens is 4. The summed E-state index contributed by atoms with van der Waals surface area (Å²) in [5.41, 5.74) is 6.88. The third kappa shape index (κ3) is 3.15. The van der Waals surface area contributed by atoms with Gasteiger partial charge in [0.05, 0.1) is 12.2 Å². The SMILES string of the molecule is NC(=S)c1ccnc(NCc2ccncn2)n1. The standard InChI is InChI=1S/C10H10N6S/c11-9(17)8-2-4-13-10(16-8)14-5-7-1-3-12-6-15-7/h1-4,6H,5H2,(H2,11,17)(H,13,14,16). The molecule has 0 radical (unpaired) electrons. The van der Waals surface area contributed by atoms with Gasteiger partial charge in [-0.05, 0) is 12.1 Å². The van der Waals surface area contributed by atoms with Crippen molar-refractivity contribution in [2.75, 3.05) is 5.32 Å².